The van der Waals surface area contributed by atoms with E-state index in [2.05, 4.69) is 10.3 Å². The molecule has 0 saturated carbocycles. The van der Waals surface area contributed by atoms with Gasteiger partial charge in [0.15, 0.2) is 5.16 Å². The minimum Gasteiger partial charge on any atom is -0.325 e. The average Bonchev–Trinajstić information content (AvgIpc) is 3.10. The topological polar surface area (TPSA) is 64.0 Å². The summed E-state index contributed by atoms with van der Waals surface area (Å²) in [4.78, 5) is 29.6. The number of aromatic nitrogens is 2. The standard InChI is InChI=1S/C18H18ClN3O2S2/c1-3-11(2)22-17(24)16-14(8-9-25-16)21-18(22)26-10-15(23)20-13-6-4-12(19)5-7-13/h4-9,11H,3,10H2,1-2H3,(H,20,23)/t11-/m1/s1. The van der Waals surface area contributed by atoms with Gasteiger partial charge in [-0.25, -0.2) is 4.98 Å². The number of nitrogens with one attached hydrogen (secondary N) is 1. The molecule has 0 fully saturated rings. The van der Waals surface area contributed by atoms with Gasteiger partial charge in [-0.1, -0.05) is 30.3 Å². The van der Waals surface area contributed by atoms with Gasteiger partial charge in [-0.3, -0.25) is 14.2 Å². The normalized spacial score (nSPS) is 12.3. The number of carbonyl (C=O) groups excluding carboxylic acids is 1. The highest BCUT2D eigenvalue weighted by Crippen LogP contribution is 2.24. The molecular weight excluding hydrogens is 390 g/mol. The van der Waals surface area contributed by atoms with E-state index in [-0.39, 0.29) is 23.3 Å². The summed E-state index contributed by atoms with van der Waals surface area (Å²) in [7, 11) is 0. The third kappa shape index (κ3) is 4.11. The van der Waals surface area contributed by atoms with E-state index in [1.807, 2.05) is 25.3 Å². The van der Waals surface area contributed by atoms with Crippen molar-refractivity contribution in [3.05, 3.63) is 51.1 Å². The molecule has 0 aliphatic heterocycles. The van der Waals surface area contributed by atoms with Gasteiger partial charge < -0.3 is 5.32 Å². The number of thioether (sulfide) groups is 1. The number of thiophene rings is 1. The minimum absolute atomic E-state index is 0.0170. The fourth-order valence-corrected chi connectivity index (χ4v) is 4.23. The summed E-state index contributed by atoms with van der Waals surface area (Å²) in [5.74, 6) is 0.00825. The SMILES string of the molecule is CC[C@@H](C)n1c(SCC(=O)Nc2ccc(Cl)cc2)nc2ccsc2c1=O. The smallest absolute Gasteiger partial charge is 0.272 e. The molecular formula is C18H18ClN3O2S2. The van der Waals surface area contributed by atoms with Gasteiger partial charge in [-0.2, -0.15) is 0 Å². The molecule has 1 N–H and O–H groups in total. The number of nitrogens with zero attached hydrogens (tertiary/aromatic N) is 2. The number of hydrogen-bond donors (Lipinski definition) is 1. The van der Waals surface area contributed by atoms with Crippen LogP contribution < -0.4 is 10.9 Å². The summed E-state index contributed by atoms with van der Waals surface area (Å²) in [6.45, 7) is 4.01. The van der Waals surface area contributed by atoms with Gasteiger partial charge in [-0.05, 0) is 49.1 Å². The highest BCUT2D eigenvalue weighted by molar-refractivity contribution is 7.99. The molecule has 8 heteroatoms. The van der Waals surface area contributed by atoms with Crippen molar-refractivity contribution in [1.29, 1.82) is 0 Å². The summed E-state index contributed by atoms with van der Waals surface area (Å²) in [5, 5.41) is 5.87. The predicted octanol–water partition coefficient (Wildman–Crippen LogP) is 4.81. The Hall–Kier alpha value is -1.83. The first-order valence-electron chi connectivity index (χ1n) is 8.17. The van der Waals surface area contributed by atoms with E-state index in [1.54, 1.807) is 28.8 Å². The van der Waals surface area contributed by atoms with E-state index in [0.29, 0.717) is 26.1 Å². The Balaban J connectivity index is 1.80. The maximum atomic E-state index is 12.8. The monoisotopic (exact) mass is 407 g/mol. The highest BCUT2D eigenvalue weighted by atomic mass is 35.5. The van der Waals surface area contributed by atoms with Crippen LogP contribution in [0.3, 0.4) is 0 Å². The van der Waals surface area contributed by atoms with Crippen LogP contribution in [0.15, 0.2) is 45.7 Å². The van der Waals surface area contributed by atoms with Crippen LogP contribution >= 0.6 is 34.7 Å². The van der Waals surface area contributed by atoms with Crippen molar-refractivity contribution in [2.24, 2.45) is 0 Å². The largest absolute Gasteiger partial charge is 0.325 e. The molecule has 5 nitrogen and oxygen atoms in total. The summed E-state index contributed by atoms with van der Waals surface area (Å²) < 4.78 is 2.35. The van der Waals surface area contributed by atoms with Crippen LogP contribution in [0.5, 0.6) is 0 Å². The lowest BCUT2D eigenvalue weighted by Crippen LogP contribution is -2.26. The number of anilines is 1. The average molecular weight is 408 g/mol. The molecule has 0 bridgehead atoms. The van der Waals surface area contributed by atoms with Crippen LogP contribution in [0.4, 0.5) is 5.69 Å². The predicted molar refractivity (Wildman–Crippen MR) is 110 cm³/mol. The summed E-state index contributed by atoms with van der Waals surface area (Å²) in [6, 6.07) is 8.78. The first-order chi connectivity index (χ1) is 12.5. The second-order valence-corrected chi connectivity index (χ2v) is 8.10. The van der Waals surface area contributed by atoms with Crippen LogP contribution in [0, 0.1) is 0 Å². The van der Waals surface area contributed by atoms with Crippen LogP contribution in [0.25, 0.3) is 10.2 Å². The molecule has 3 rings (SSSR count). The lowest BCUT2D eigenvalue weighted by Gasteiger charge is -2.17. The zero-order valence-corrected chi connectivity index (χ0v) is 16.7. The summed E-state index contributed by atoms with van der Waals surface area (Å²) >= 11 is 8.52. The maximum Gasteiger partial charge on any atom is 0.272 e. The fraction of sp³-hybridized carbons (Fsp3) is 0.278. The zero-order chi connectivity index (χ0) is 18.7. The van der Waals surface area contributed by atoms with Gasteiger partial charge in [0.25, 0.3) is 5.56 Å². The molecule has 0 radical (unpaired) electrons. The molecule has 0 aliphatic rings. The van der Waals surface area contributed by atoms with Crippen LogP contribution in [0.1, 0.15) is 26.3 Å². The van der Waals surface area contributed by atoms with Crippen LogP contribution in [0.2, 0.25) is 5.02 Å². The second kappa shape index (κ2) is 8.24. The van der Waals surface area contributed by atoms with Crippen molar-refractivity contribution >= 4 is 56.5 Å². The van der Waals surface area contributed by atoms with Gasteiger partial charge in [0.1, 0.15) is 4.70 Å². The van der Waals surface area contributed by atoms with Crippen molar-refractivity contribution in [1.82, 2.24) is 9.55 Å². The summed E-state index contributed by atoms with van der Waals surface area (Å²) in [6.07, 6.45) is 0.809. The molecule has 0 saturated heterocycles. The van der Waals surface area contributed by atoms with Crippen molar-refractivity contribution in [2.45, 2.75) is 31.5 Å². The number of rotatable bonds is 6. The van der Waals surface area contributed by atoms with Gasteiger partial charge in [0.05, 0.1) is 11.3 Å². The molecule has 2 heterocycles. The maximum absolute atomic E-state index is 12.8. The van der Waals surface area contributed by atoms with E-state index in [4.69, 9.17) is 11.6 Å². The van der Waals surface area contributed by atoms with Gasteiger partial charge in [0.2, 0.25) is 5.91 Å². The third-order valence-corrected chi connectivity index (χ3v) is 6.07. The number of amides is 1. The number of halogens is 1. The minimum atomic E-state index is -0.160. The van der Waals surface area contributed by atoms with Crippen molar-refractivity contribution < 1.29 is 4.79 Å². The van der Waals surface area contributed by atoms with Gasteiger partial charge in [-0.15, -0.1) is 11.3 Å². The summed E-state index contributed by atoms with van der Waals surface area (Å²) in [5.41, 5.74) is 1.32. The third-order valence-electron chi connectivity index (χ3n) is 3.97. The van der Waals surface area contributed by atoms with E-state index in [0.717, 1.165) is 6.42 Å². The molecule has 1 atom stereocenters. The fourth-order valence-electron chi connectivity index (χ4n) is 2.44. The van der Waals surface area contributed by atoms with E-state index in [9.17, 15) is 9.59 Å². The quantitative estimate of drug-likeness (QED) is 0.470. The molecule has 136 valence electrons. The molecule has 1 aromatic carbocycles. The molecule has 2 aromatic heterocycles. The van der Waals surface area contributed by atoms with Crippen LogP contribution in [-0.4, -0.2) is 21.2 Å². The second-order valence-electron chi connectivity index (χ2n) is 5.81. The Morgan fingerprint density at radius 3 is 2.77 bits per heavy atom. The molecule has 0 unspecified atom stereocenters. The Bertz CT molecular complexity index is 982. The Kier molecular flexibility index (Phi) is 6.01. The Labute approximate surface area is 164 Å². The molecule has 0 spiro atoms. The first kappa shape index (κ1) is 18.9. The van der Waals surface area contributed by atoms with Gasteiger partial charge >= 0.3 is 0 Å². The molecule has 1 amide bonds. The number of benzene rings is 1. The van der Waals surface area contributed by atoms with Crippen molar-refractivity contribution in [2.75, 3.05) is 11.1 Å². The lowest BCUT2D eigenvalue weighted by molar-refractivity contribution is -0.113. The van der Waals surface area contributed by atoms with E-state index < -0.39 is 0 Å². The number of carbonyl (C=O) groups is 1. The first-order valence-corrected chi connectivity index (χ1v) is 10.4. The highest BCUT2D eigenvalue weighted by Gasteiger charge is 2.17. The molecule has 0 aliphatic carbocycles. The molecule has 26 heavy (non-hydrogen) atoms. The van der Waals surface area contributed by atoms with E-state index >= 15 is 0 Å². The van der Waals surface area contributed by atoms with Gasteiger partial charge in [0, 0.05) is 16.8 Å². The Morgan fingerprint density at radius 1 is 1.35 bits per heavy atom. The lowest BCUT2D eigenvalue weighted by atomic mass is 10.2. The van der Waals surface area contributed by atoms with Crippen LogP contribution in [-0.2, 0) is 4.79 Å². The number of hydrogen-bond acceptors (Lipinski definition) is 5. The van der Waals surface area contributed by atoms with Crippen molar-refractivity contribution in [3.63, 3.8) is 0 Å². The molecule has 3 aromatic rings. The number of fused-ring (bicyclic) bond motifs is 1. The van der Waals surface area contributed by atoms with E-state index in [1.165, 1.54) is 23.1 Å². The Morgan fingerprint density at radius 2 is 2.08 bits per heavy atom. The van der Waals surface area contributed by atoms with Crippen molar-refractivity contribution in [3.8, 4) is 0 Å². The zero-order valence-electron chi connectivity index (χ0n) is 14.4.